The molecule has 1 aliphatic heterocycles. The third-order valence-electron chi connectivity index (χ3n) is 8.42. The molecule has 1 aliphatic rings. The first kappa shape index (κ1) is 40.9. The summed E-state index contributed by atoms with van der Waals surface area (Å²) in [5.41, 5.74) is 8.50. The predicted octanol–water partition coefficient (Wildman–Crippen LogP) is 4.31. The van der Waals surface area contributed by atoms with E-state index < -0.39 is 6.03 Å². The molecule has 53 heavy (non-hydrogen) atoms. The minimum absolute atomic E-state index is 0. The summed E-state index contributed by atoms with van der Waals surface area (Å²) in [6.07, 6.45) is 4.71. The Hall–Kier alpha value is -6.54. The number of aromatic nitrogens is 2. The van der Waals surface area contributed by atoms with Gasteiger partial charge in [-0.25, -0.2) is 19.2 Å². The van der Waals surface area contributed by atoms with Gasteiger partial charge in [0.25, 0.3) is 0 Å². The monoisotopic (exact) mass is 975 g/mol. The van der Waals surface area contributed by atoms with E-state index in [0.717, 1.165) is 60.1 Å². The van der Waals surface area contributed by atoms with Crippen LogP contribution in [0.2, 0.25) is 0 Å². The van der Waals surface area contributed by atoms with E-state index in [2.05, 4.69) is 31.2 Å². The number of rotatable bonds is 16. The van der Waals surface area contributed by atoms with Crippen molar-refractivity contribution in [1.29, 1.82) is 0 Å². The van der Waals surface area contributed by atoms with Crippen molar-refractivity contribution in [1.82, 2.24) is 20.6 Å². The number of methoxy groups -OCH3 is 1. The first-order chi connectivity index (χ1) is 25.1. The van der Waals surface area contributed by atoms with Crippen molar-refractivity contribution in [3.63, 3.8) is 0 Å². The van der Waals surface area contributed by atoms with E-state index in [-0.39, 0.29) is 18.3 Å². The number of hydrogen-bond acceptors (Lipinski definition) is 9. The van der Waals surface area contributed by atoms with Crippen LogP contribution >= 0.6 is 0 Å². The molecule has 16 heteroatoms. The number of benzene rings is 3. The van der Waals surface area contributed by atoms with Gasteiger partial charge in [0.05, 0.1) is 45.5 Å². The summed E-state index contributed by atoms with van der Waals surface area (Å²) >= 11 is 0. The summed E-state index contributed by atoms with van der Waals surface area (Å²) in [6, 6.07) is 15.9. The van der Waals surface area contributed by atoms with Crippen molar-refractivity contribution in [2.75, 3.05) is 70.3 Å². The third kappa shape index (κ3) is 12.3. The molecule has 1 fully saturated rings. The number of amides is 4. The Labute approximate surface area is 302 Å². The summed E-state index contributed by atoms with van der Waals surface area (Å²) in [7, 11) is 1.60. The van der Waals surface area contributed by atoms with Crippen LogP contribution in [0.1, 0.15) is 30.9 Å². The molecule has 0 spiro atoms. The molecule has 0 atom stereocenters. The number of primary amides is 1. The predicted molar refractivity (Wildman–Crippen MR) is 197 cm³/mol. The summed E-state index contributed by atoms with van der Waals surface area (Å²) in [6.45, 7) is 9.60. The number of halogens is 1. The van der Waals surface area contributed by atoms with Crippen LogP contribution in [0.5, 0.6) is 11.5 Å². The number of carbonyl (C=O) groups excluding carboxylic acids is 3. The number of fused-ring (bicyclic) bond motifs is 1. The topological polar surface area (TPSA) is 179 Å². The number of hydrogen-bond donors (Lipinski definition) is 5. The minimum atomic E-state index is -0.443. The minimum Gasteiger partial charge on any atom is -0.522 e. The van der Waals surface area contributed by atoms with Gasteiger partial charge >= 0.3 is 6.03 Å². The second-order valence-corrected chi connectivity index (χ2v) is 12.3. The van der Waals surface area contributed by atoms with Crippen molar-refractivity contribution in [2.45, 2.75) is 33.2 Å². The molecule has 0 unspecified atom stereocenters. The van der Waals surface area contributed by atoms with Gasteiger partial charge in [0.15, 0.2) is 11.5 Å². The molecule has 6 N–H and O–H groups in total. The maximum absolute atomic E-state index is 13.8. The van der Waals surface area contributed by atoms with Crippen LogP contribution in [0.15, 0.2) is 60.9 Å². The fourth-order valence-electron chi connectivity index (χ4n) is 5.72. The van der Waals surface area contributed by atoms with Crippen LogP contribution < -0.4 is 36.5 Å². The molecule has 1 saturated heterocycles. The molecule has 2 heterocycles. The van der Waals surface area contributed by atoms with E-state index in [4.69, 9.17) is 19.9 Å². The molecular formula is C37H47FFmN8O6. The summed E-state index contributed by atoms with van der Waals surface area (Å²) in [4.78, 5) is 40.9. The van der Waals surface area contributed by atoms with Crippen LogP contribution in [0, 0.1) is 12.7 Å². The maximum atomic E-state index is 13.8. The van der Waals surface area contributed by atoms with Gasteiger partial charge in [0.1, 0.15) is 37.6 Å². The maximum Gasteiger partial charge on any atom is 0.312 e. The Morgan fingerprint density at radius 2 is 1.77 bits per heavy atom. The van der Waals surface area contributed by atoms with Crippen molar-refractivity contribution >= 4 is 46.4 Å². The molecule has 5 rings (SSSR count). The van der Waals surface area contributed by atoms with Gasteiger partial charge in [-0.05, 0) is 55.3 Å². The SMILES string of the molecule is CCCNC(N)=O.COc1cc2ncnc(Nc3ccc(F)c(C)c3)c2cc1OCCC[N+]1(Cc2ccc(NC(=O)CN[C-]=O)cc2)CCOCC1.[Fm]. The molecule has 4 aromatic rings. The number of nitrogens with zero attached hydrogens (tertiary/aromatic N) is 3. The third-order valence-corrected chi connectivity index (χ3v) is 8.42. The zero-order valence-electron chi connectivity index (χ0n) is 30.1. The number of anilines is 3. The molecule has 4 amide bonds. The first-order valence-corrected chi connectivity index (χ1v) is 17.1. The van der Waals surface area contributed by atoms with Gasteiger partial charge in [0, 0.05) is 41.4 Å². The number of nitrogens with two attached hydrogens (primary N) is 1. The summed E-state index contributed by atoms with van der Waals surface area (Å²) in [5, 5.41) is 11.5. The van der Waals surface area contributed by atoms with Gasteiger partial charge in [-0.15, -0.1) is 0 Å². The largest absolute Gasteiger partial charge is 0.522 e. The number of urea groups is 1. The standard InChI is InChI=1S/C33H37FN6O5.C4H10N2O.Fm/c1-23-16-26(8-9-28(23)34)39-33-27-17-31(30(43-2)18-29(27)36-21-37-33)45-13-3-10-40(11-14-44-15-12-40)20-24-4-6-25(7-5-24)38-32(42)19-35-22-41;1-2-3-6-4(5)7;/h4-9,16-18,21H,3,10-15,19-20H2,1-2H3,(H,35,41)(H,38,42)(H,36,37,39);2-3H2,1H3,(H3,5,6,7);. The Morgan fingerprint density at radius 3 is 2.42 bits per heavy atom. The van der Waals surface area contributed by atoms with Crippen molar-refractivity contribution in [2.24, 2.45) is 5.73 Å². The Balaban J connectivity index is 0.000000860. The van der Waals surface area contributed by atoms with E-state index >= 15 is 0 Å². The van der Waals surface area contributed by atoms with Crippen LogP contribution in [-0.4, -0.2) is 92.5 Å². The molecule has 3 aromatic carbocycles. The van der Waals surface area contributed by atoms with Gasteiger partial charge < -0.3 is 50.5 Å². The average Bonchev–Trinajstić information content (AvgIpc) is 3.14. The van der Waals surface area contributed by atoms with E-state index in [0.29, 0.717) is 60.4 Å². The quantitative estimate of drug-likeness (QED) is 0.0474. The fourth-order valence-corrected chi connectivity index (χ4v) is 5.72. The van der Waals surface area contributed by atoms with Gasteiger partial charge in [0.2, 0.25) is 5.91 Å². The van der Waals surface area contributed by atoms with Gasteiger partial charge in [-0.2, -0.15) is 6.41 Å². The van der Waals surface area contributed by atoms with Gasteiger partial charge in [-0.1, -0.05) is 19.1 Å². The van der Waals surface area contributed by atoms with Crippen molar-refractivity contribution < 1.29 is 37.5 Å². The Kier molecular flexibility index (Phi) is 15.7. The fraction of sp³-hybridized carbons (Fsp3) is 0.378. The number of nitrogens with one attached hydrogen (secondary N) is 4. The average molecular weight is 976 g/mol. The van der Waals surface area contributed by atoms with E-state index in [9.17, 15) is 18.8 Å². The van der Waals surface area contributed by atoms with Crippen molar-refractivity contribution in [3.8, 4) is 11.5 Å². The van der Waals surface area contributed by atoms with E-state index in [1.807, 2.05) is 43.3 Å². The van der Waals surface area contributed by atoms with E-state index in [1.54, 1.807) is 26.2 Å². The smallest absolute Gasteiger partial charge is 0.312 e. The molecule has 1 aromatic heterocycles. The Bertz CT molecular complexity index is 1790. The zero-order chi connectivity index (χ0) is 37.3. The molecule has 0 radical (unpaired) electrons. The molecular weight excluding hydrogens is 928 g/mol. The molecule has 290 valence electrons. The van der Waals surface area contributed by atoms with Crippen LogP contribution in [0.4, 0.5) is 26.4 Å². The molecule has 0 aliphatic carbocycles. The molecule has 0 saturated carbocycles. The number of ether oxygens (including phenoxy) is 3. The van der Waals surface area contributed by atoms with Crippen molar-refractivity contribution in [3.05, 3.63) is 77.9 Å². The van der Waals surface area contributed by atoms with Crippen LogP contribution in [-0.2, 0) is 20.9 Å². The number of quaternary nitrogens is 1. The summed E-state index contributed by atoms with van der Waals surface area (Å²) in [5.74, 6) is 1.17. The first-order valence-electron chi connectivity index (χ1n) is 17.1. The van der Waals surface area contributed by atoms with Crippen LogP contribution in [0.3, 0.4) is 0 Å². The van der Waals surface area contributed by atoms with Gasteiger partial charge in [-0.3, -0.25) is 4.79 Å². The molecule has 0 bridgehead atoms. The zero-order valence-corrected chi connectivity index (χ0v) is 32.5. The Morgan fingerprint density at radius 1 is 1.04 bits per heavy atom. The number of carbonyl (C=O) groups is 2. The normalized spacial score (nSPS) is 13.0. The van der Waals surface area contributed by atoms with Crippen LogP contribution in [0.25, 0.3) is 10.9 Å². The number of aryl methyl sites for hydroxylation is 1. The van der Waals surface area contributed by atoms with E-state index in [1.165, 1.54) is 18.8 Å². The number of morpholine rings is 1. The second-order valence-electron chi connectivity index (χ2n) is 12.3. The molecule has 14 nitrogen and oxygen atoms in total. The second kappa shape index (κ2) is 20.3. The summed E-state index contributed by atoms with van der Waals surface area (Å²) < 4.78 is 32.2.